The molecule has 0 aliphatic rings. The Bertz CT molecular complexity index is 412. The van der Waals surface area contributed by atoms with Gasteiger partial charge >= 0.3 is 0 Å². The summed E-state index contributed by atoms with van der Waals surface area (Å²) in [6.07, 6.45) is 1.13. The Morgan fingerprint density at radius 3 is 2.05 bits per heavy atom. The van der Waals surface area contributed by atoms with Crippen LogP contribution in [0.3, 0.4) is 0 Å². The van der Waals surface area contributed by atoms with Crippen molar-refractivity contribution in [2.24, 2.45) is 5.73 Å². The maximum atomic E-state index is 6.46. The molecule has 0 saturated carbocycles. The van der Waals surface area contributed by atoms with Crippen molar-refractivity contribution in [1.82, 2.24) is 4.90 Å². The zero-order chi connectivity index (χ0) is 14.8. The lowest BCUT2D eigenvalue weighted by Gasteiger charge is -2.37. The fraction of sp³-hybridized carbons (Fsp3) is 0.647. The minimum Gasteiger partial charge on any atom is -0.323 e. The van der Waals surface area contributed by atoms with Crippen LogP contribution in [-0.4, -0.2) is 24.0 Å². The van der Waals surface area contributed by atoms with Gasteiger partial charge in [-0.15, -0.1) is 0 Å². The van der Waals surface area contributed by atoms with Crippen LogP contribution in [0.2, 0.25) is 0 Å². The summed E-state index contributed by atoms with van der Waals surface area (Å²) in [5, 5.41) is 0. The summed E-state index contributed by atoms with van der Waals surface area (Å²) < 4.78 is 0. The number of nitrogens with zero attached hydrogens (tertiary/aromatic N) is 1. The van der Waals surface area contributed by atoms with Crippen LogP contribution in [0.25, 0.3) is 0 Å². The molecule has 0 saturated heterocycles. The number of nitrogens with two attached hydrogens (primary N) is 1. The topological polar surface area (TPSA) is 29.3 Å². The molecule has 0 aliphatic heterocycles. The summed E-state index contributed by atoms with van der Waals surface area (Å²) in [7, 11) is 2.17. The first kappa shape index (κ1) is 16.2. The summed E-state index contributed by atoms with van der Waals surface area (Å²) >= 11 is 0. The van der Waals surface area contributed by atoms with E-state index >= 15 is 0 Å². The molecule has 0 heterocycles. The first-order valence-corrected chi connectivity index (χ1v) is 7.23. The molecule has 19 heavy (non-hydrogen) atoms. The summed E-state index contributed by atoms with van der Waals surface area (Å²) in [6, 6.07) is 4.54. The highest BCUT2D eigenvalue weighted by Crippen LogP contribution is 2.25. The average molecular weight is 262 g/mol. The molecule has 1 aromatic rings. The minimum atomic E-state index is 0.0800. The van der Waals surface area contributed by atoms with E-state index in [2.05, 4.69) is 65.6 Å². The Kier molecular flexibility index (Phi) is 5.17. The Hall–Kier alpha value is -0.860. The van der Waals surface area contributed by atoms with Crippen LogP contribution in [0.4, 0.5) is 0 Å². The second-order valence-corrected chi connectivity index (χ2v) is 6.47. The van der Waals surface area contributed by atoms with Crippen molar-refractivity contribution in [3.63, 3.8) is 0 Å². The molecule has 0 aliphatic carbocycles. The van der Waals surface area contributed by atoms with E-state index in [1.165, 1.54) is 22.3 Å². The highest BCUT2D eigenvalue weighted by Gasteiger charge is 2.24. The summed E-state index contributed by atoms with van der Waals surface area (Å²) in [5.74, 6) is 0. The lowest BCUT2D eigenvalue weighted by molar-refractivity contribution is 0.142. The van der Waals surface area contributed by atoms with E-state index in [1.54, 1.807) is 0 Å². The molecule has 0 fully saturated rings. The average Bonchev–Trinajstić information content (AvgIpc) is 2.27. The SMILES string of the molecule is CCC(C)(C)N(C)CC(N)c1c(C)cc(C)cc1C. The molecule has 0 radical (unpaired) electrons. The predicted molar refractivity (Wildman–Crippen MR) is 84.6 cm³/mol. The fourth-order valence-electron chi connectivity index (χ4n) is 2.68. The van der Waals surface area contributed by atoms with Crippen molar-refractivity contribution in [2.75, 3.05) is 13.6 Å². The van der Waals surface area contributed by atoms with Gasteiger partial charge in [-0.1, -0.05) is 24.6 Å². The van der Waals surface area contributed by atoms with E-state index in [4.69, 9.17) is 5.73 Å². The molecule has 0 spiro atoms. The highest BCUT2D eigenvalue weighted by molar-refractivity contribution is 5.39. The van der Waals surface area contributed by atoms with E-state index < -0.39 is 0 Å². The molecule has 2 N–H and O–H groups in total. The maximum Gasteiger partial charge on any atom is 0.0429 e. The Balaban J connectivity index is 2.93. The van der Waals surface area contributed by atoms with Crippen molar-refractivity contribution in [1.29, 1.82) is 0 Å². The second kappa shape index (κ2) is 6.06. The van der Waals surface area contributed by atoms with Crippen molar-refractivity contribution < 1.29 is 0 Å². The molecular formula is C17H30N2. The zero-order valence-electron chi connectivity index (χ0n) is 13.7. The fourth-order valence-corrected chi connectivity index (χ4v) is 2.68. The number of hydrogen-bond donors (Lipinski definition) is 1. The van der Waals surface area contributed by atoms with Gasteiger partial charge in [0.05, 0.1) is 0 Å². The lowest BCUT2D eigenvalue weighted by atomic mass is 9.92. The molecule has 1 rings (SSSR count). The van der Waals surface area contributed by atoms with Crippen LogP contribution in [0.1, 0.15) is 55.5 Å². The number of likely N-dealkylation sites (N-methyl/N-ethyl adjacent to an activating group) is 1. The summed E-state index contributed by atoms with van der Waals surface area (Å²) in [6.45, 7) is 14.1. The molecular weight excluding hydrogens is 232 g/mol. The van der Waals surface area contributed by atoms with Crippen molar-refractivity contribution in [3.8, 4) is 0 Å². The van der Waals surface area contributed by atoms with Gasteiger partial charge in [-0.2, -0.15) is 0 Å². The zero-order valence-corrected chi connectivity index (χ0v) is 13.7. The summed E-state index contributed by atoms with van der Waals surface area (Å²) in [4.78, 5) is 2.37. The number of hydrogen-bond acceptors (Lipinski definition) is 2. The standard InChI is InChI=1S/C17H30N2/c1-8-17(5,6)19(7)11-15(18)16-13(3)9-12(2)10-14(16)4/h9-10,15H,8,11,18H2,1-7H3. The third kappa shape index (κ3) is 3.80. The predicted octanol–water partition coefficient (Wildman–Crippen LogP) is 3.73. The largest absolute Gasteiger partial charge is 0.323 e. The second-order valence-electron chi connectivity index (χ2n) is 6.47. The molecule has 2 nitrogen and oxygen atoms in total. The number of aryl methyl sites for hydroxylation is 3. The highest BCUT2D eigenvalue weighted by atomic mass is 15.2. The van der Waals surface area contributed by atoms with Gasteiger partial charge in [0.1, 0.15) is 0 Å². The van der Waals surface area contributed by atoms with Gasteiger partial charge in [0.2, 0.25) is 0 Å². The molecule has 0 amide bonds. The van der Waals surface area contributed by atoms with Crippen LogP contribution >= 0.6 is 0 Å². The van der Waals surface area contributed by atoms with Gasteiger partial charge in [0.15, 0.2) is 0 Å². The van der Waals surface area contributed by atoms with Gasteiger partial charge in [0, 0.05) is 18.1 Å². The van der Waals surface area contributed by atoms with Crippen LogP contribution < -0.4 is 5.73 Å². The maximum absolute atomic E-state index is 6.46. The van der Waals surface area contributed by atoms with Crippen LogP contribution in [-0.2, 0) is 0 Å². The first-order chi connectivity index (χ1) is 8.69. The van der Waals surface area contributed by atoms with Crippen LogP contribution in [0, 0.1) is 20.8 Å². The monoisotopic (exact) mass is 262 g/mol. The normalized spacial score (nSPS) is 13.9. The van der Waals surface area contributed by atoms with E-state index in [0.717, 1.165) is 13.0 Å². The van der Waals surface area contributed by atoms with Crippen molar-refractivity contribution in [2.45, 2.75) is 59.5 Å². The molecule has 2 heteroatoms. The van der Waals surface area contributed by atoms with Gasteiger partial charge in [-0.3, -0.25) is 4.90 Å². The molecule has 1 aromatic carbocycles. The van der Waals surface area contributed by atoms with Crippen LogP contribution in [0.15, 0.2) is 12.1 Å². The third-order valence-corrected chi connectivity index (χ3v) is 4.48. The Morgan fingerprint density at radius 1 is 1.16 bits per heavy atom. The Morgan fingerprint density at radius 2 is 1.63 bits per heavy atom. The van der Waals surface area contributed by atoms with Crippen LogP contribution in [0.5, 0.6) is 0 Å². The third-order valence-electron chi connectivity index (χ3n) is 4.48. The quantitative estimate of drug-likeness (QED) is 0.876. The van der Waals surface area contributed by atoms with E-state index in [1.807, 2.05) is 0 Å². The van der Waals surface area contributed by atoms with E-state index in [0.29, 0.717) is 0 Å². The lowest BCUT2D eigenvalue weighted by Crippen LogP contribution is -2.44. The first-order valence-electron chi connectivity index (χ1n) is 7.23. The number of benzene rings is 1. The van der Waals surface area contributed by atoms with Crippen molar-refractivity contribution >= 4 is 0 Å². The van der Waals surface area contributed by atoms with E-state index in [-0.39, 0.29) is 11.6 Å². The minimum absolute atomic E-state index is 0.0800. The van der Waals surface area contributed by atoms with E-state index in [9.17, 15) is 0 Å². The van der Waals surface area contributed by atoms with Gasteiger partial charge < -0.3 is 5.73 Å². The molecule has 0 aromatic heterocycles. The van der Waals surface area contributed by atoms with Gasteiger partial charge in [0.25, 0.3) is 0 Å². The van der Waals surface area contributed by atoms with Gasteiger partial charge in [-0.25, -0.2) is 0 Å². The van der Waals surface area contributed by atoms with Gasteiger partial charge in [-0.05, 0) is 64.8 Å². The summed E-state index contributed by atoms with van der Waals surface area (Å²) in [5.41, 5.74) is 11.9. The molecule has 1 atom stereocenters. The molecule has 1 unspecified atom stereocenters. The Labute approximate surface area is 119 Å². The van der Waals surface area contributed by atoms with Crippen molar-refractivity contribution in [3.05, 3.63) is 34.4 Å². The smallest absolute Gasteiger partial charge is 0.0429 e. The number of rotatable bonds is 5. The molecule has 108 valence electrons. The molecule has 0 bridgehead atoms.